The van der Waals surface area contributed by atoms with E-state index < -0.39 is 21.9 Å². The molecule has 1 saturated heterocycles. The Morgan fingerprint density at radius 3 is 2.41 bits per heavy atom. The largest absolute Gasteiger partial charge is 0.456 e. The minimum Gasteiger partial charge on any atom is -0.456 e. The Kier molecular flexibility index (Phi) is 8.66. The molecule has 0 radical (unpaired) electrons. The second kappa shape index (κ2) is 11.2. The summed E-state index contributed by atoms with van der Waals surface area (Å²) in [6.07, 6.45) is 3.35. The van der Waals surface area contributed by atoms with Crippen molar-refractivity contribution in [3.63, 3.8) is 0 Å². The fourth-order valence-corrected chi connectivity index (χ4v) is 5.66. The zero-order valence-corrected chi connectivity index (χ0v) is 20.9. The van der Waals surface area contributed by atoms with E-state index in [0.717, 1.165) is 34.0 Å². The molecule has 32 heavy (non-hydrogen) atoms. The average molecular weight is 570 g/mol. The van der Waals surface area contributed by atoms with Crippen molar-refractivity contribution in [1.82, 2.24) is 4.31 Å². The van der Waals surface area contributed by atoms with E-state index in [2.05, 4.69) is 27.9 Å². The van der Waals surface area contributed by atoms with E-state index in [1.165, 1.54) is 4.31 Å². The number of anilines is 1. The molecular formula is C23H27IN2O5S. The Hall–Kier alpha value is -1.98. The monoisotopic (exact) mass is 570 g/mol. The molecule has 1 heterocycles. The van der Waals surface area contributed by atoms with Crippen LogP contribution in [-0.4, -0.2) is 44.3 Å². The number of carbonyl (C=O) groups excluding carboxylic acids is 2. The first-order chi connectivity index (χ1) is 15.3. The lowest BCUT2D eigenvalue weighted by atomic mass is 10.1. The van der Waals surface area contributed by atoms with Crippen molar-refractivity contribution in [3.8, 4) is 0 Å². The third-order valence-corrected chi connectivity index (χ3v) is 7.90. The molecule has 0 aliphatic carbocycles. The van der Waals surface area contributed by atoms with Crippen molar-refractivity contribution in [3.05, 3.63) is 57.2 Å². The molecule has 2 aromatic rings. The number of hydrogen-bond donors (Lipinski definition) is 1. The molecule has 2 aromatic carbocycles. The molecule has 172 valence electrons. The molecule has 1 N–H and O–H groups in total. The molecule has 1 amide bonds. The maximum absolute atomic E-state index is 12.7. The molecule has 0 saturated carbocycles. The number of esters is 1. The van der Waals surface area contributed by atoms with Crippen LogP contribution < -0.4 is 5.32 Å². The number of nitrogens with zero attached hydrogens (tertiary/aromatic N) is 1. The molecule has 3 rings (SSSR count). The lowest BCUT2D eigenvalue weighted by Gasteiger charge is -2.25. The number of nitrogens with one attached hydrogen (secondary N) is 1. The van der Waals surface area contributed by atoms with Gasteiger partial charge in [-0.15, -0.1) is 0 Å². The fourth-order valence-electron chi connectivity index (χ4n) is 3.50. The summed E-state index contributed by atoms with van der Waals surface area (Å²) in [6, 6.07) is 12.3. The second-order valence-corrected chi connectivity index (χ2v) is 11.0. The van der Waals surface area contributed by atoms with Crippen LogP contribution in [0.25, 0.3) is 0 Å². The number of ether oxygens (including phenoxy) is 1. The maximum atomic E-state index is 12.7. The van der Waals surface area contributed by atoms with Crippen LogP contribution in [0, 0.1) is 10.5 Å². The number of carbonyl (C=O) groups is 2. The highest BCUT2D eigenvalue weighted by Crippen LogP contribution is 2.21. The lowest BCUT2D eigenvalue weighted by molar-refractivity contribution is -0.147. The van der Waals surface area contributed by atoms with Gasteiger partial charge >= 0.3 is 5.97 Å². The van der Waals surface area contributed by atoms with Crippen LogP contribution in [0.4, 0.5) is 5.69 Å². The van der Waals surface area contributed by atoms with Gasteiger partial charge in [0.2, 0.25) is 10.0 Å². The van der Waals surface area contributed by atoms with Gasteiger partial charge in [0, 0.05) is 28.8 Å². The van der Waals surface area contributed by atoms with Gasteiger partial charge in [-0.3, -0.25) is 9.59 Å². The van der Waals surface area contributed by atoms with E-state index in [1.54, 1.807) is 24.3 Å². The molecule has 1 aliphatic rings. The Balaban J connectivity index is 1.45. The predicted octanol–water partition coefficient (Wildman–Crippen LogP) is 3.89. The zero-order chi connectivity index (χ0) is 23.1. The van der Waals surface area contributed by atoms with Crippen molar-refractivity contribution in [2.75, 3.05) is 25.0 Å². The third kappa shape index (κ3) is 6.76. The van der Waals surface area contributed by atoms with E-state index >= 15 is 0 Å². The van der Waals surface area contributed by atoms with Gasteiger partial charge in [0.15, 0.2) is 6.61 Å². The number of amides is 1. The van der Waals surface area contributed by atoms with E-state index in [-0.39, 0.29) is 17.9 Å². The highest BCUT2D eigenvalue weighted by molar-refractivity contribution is 14.1. The molecule has 0 atom stereocenters. The summed E-state index contributed by atoms with van der Waals surface area (Å²) in [5, 5.41) is 2.73. The molecule has 1 aliphatic heterocycles. The lowest BCUT2D eigenvalue weighted by Crippen LogP contribution is -2.35. The maximum Gasteiger partial charge on any atom is 0.306 e. The summed E-state index contributed by atoms with van der Waals surface area (Å²) >= 11 is 2.20. The standard InChI is InChI=1S/C23H27IN2O5S/c1-17-15-19(24)8-11-21(17)25-22(27)16-31-23(28)12-7-18-5-9-20(10-6-18)32(29,30)26-13-3-2-4-14-26/h5-6,8-11,15H,2-4,7,12-14,16H2,1H3,(H,25,27). The Labute approximate surface area is 202 Å². The Morgan fingerprint density at radius 1 is 1.06 bits per heavy atom. The number of aryl methyl sites for hydroxylation is 2. The summed E-state index contributed by atoms with van der Waals surface area (Å²) in [6.45, 7) is 2.67. The predicted molar refractivity (Wildman–Crippen MR) is 131 cm³/mol. The van der Waals surface area contributed by atoms with E-state index in [0.29, 0.717) is 25.2 Å². The summed E-state index contributed by atoms with van der Waals surface area (Å²) in [7, 11) is -3.46. The molecule has 0 unspecified atom stereocenters. The number of rotatable bonds is 8. The molecule has 0 aromatic heterocycles. The van der Waals surface area contributed by atoms with E-state index in [1.807, 2.05) is 25.1 Å². The van der Waals surface area contributed by atoms with Crippen molar-refractivity contribution in [2.24, 2.45) is 0 Å². The van der Waals surface area contributed by atoms with Gasteiger partial charge in [-0.05, 0) is 90.2 Å². The minimum atomic E-state index is -3.46. The summed E-state index contributed by atoms with van der Waals surface area (Å²) < 4.78 is 33.1. The Bertz CT molecular complexity index is 1060. The second-order valence-electron chi connectivity index (χ2n) is 7.78. The number of benzene rings is 2. The Morgan fingerprint density at radius 2 is 1.75 bits per heavy atom. The molecule has 0 spiro atoms. The molecule has 9 heteroatoms. The van der Waals surface area contributed by atoms with Crippen LogP contribution >= 0.6 is 22.6 Å². The summed E-state index contributed by atoms with van der Waals surface area (Å²) in [5.41, 5.74) is 2.45. The van der Waals surface area contributed by atoms with Crippen molar-refractivity contribution >= 4 is 50.2 Å². The van der Waals surface area contributed by atoms with Crippen LogP contribution in [0.15, 0.2) is 47.4 Å². The van der Waals surface area contributed by atoms with E-state index in [4.69, 9.17) is 4.74 Å². The summed E-state index contributed by atoms with van der Waals surface area (Å²) in [4.78, 5) is 24.3. The number of sulfonamides is 1. The molecule has 7 nitrogen and oxygen atoms in total. The van der Waals surface area contributed by atoms with Gasteiger partial charge < -0.3 is 10.1 Å². The molecular weight excluding hydrogens is 543 g/mol. The van der Waals surface area contributed by atoms with Crippen LogP contribution in [0.5, 0.6) is 0 Å². The van der Waals surface area contributed by atoms with Gasteiger partial charge in [0.1, 0.15) is 0 Å². The highest BCUT2D eigenvalue weighted by atomic mass is 127. The van der Waals surface area contributed by atoms with Crippen molar-refractivity contribution in [2.45, 2.75) is 43.9 Å². The fraction of sp³-hybridized carbons (Fsp3) is 0.391. The van der Waals surface area contributed by atoms with Gasteiger partial charge in [0.25, 0.3) is 5.91 Å². The summed E-state index contributed by atoms with van der Waals surface area (Å²) in [5.74, 6) is -0.876. The highest BCUT2D eigenvalue weighted by Gasteiger charge is 2.25. The first-order valence-corrected chi connectivity index (χ1v) is 13.1. The minimum absolute atomic E-state index is 0.105. The van der Waals surface area contributed by atoms with Gasteiger partial charge in [0.05, 0.1) is 4.90 Å². The van der Waals surface area contributed by atoms with Gasteiger partial charge in [-0.2, -0.15) is 4.31 Å². The molecule has 1 fully saturated rings. The first kappa shape index (κ1) is 24.7. The van der Waals surface area contributed by atoms with Crippen LogP contribution in [0.3, 0.4) is 0 Å². The number of hydrogen-bond acceptors (Lipinski definition) is 5. The first-order valence-electron chi connectivity index (χ1n) is 10.6. The van der Waals surface area contributed by atoms with Gasteiger partial charge in [-0.25, -0.2) is 8.42 Å². The van der Waals surface area contributed by atoms with Crippen LogP contribution in [0.2, 0.25) is 0 Å². The number of halogens is 1. The quantitative estimate of drug-likeness (QED) is 0.384. The van der Waals surface area contributed by atoms with Crippen molar-refractivity contribution < 1.29 is 22.7 Å². The SMILES string of the molecule is Cc1cc(I)ccc1NC(=O)COC(=O)CCc1ccc(S(=O)(=O)N2CCCCC2)cc1. The van der Waals surface area contributed by atoms with Gasteiger partial charge in [-0.1, -0.05) is 18.6 Å². The zero-order valence-electron chi connectivity index (χ0n) is 18.0. The van der Waals surface area contributed by atoms with Crippen molar-refractivity contribution in [1.29, 1.82) is 0 Å². The normalized spacial score (nSPS) is 14.7. The smallest absolute Gasteiger partial charge is 0.306 e. The average Bonchev–Trinajstić information content (AvgIpc) is 2.79. The number of piperidine rings is 1. The van der Waals surface area contributed by atoms with E-state index in [9.17, 15) is 18.0 Å². The van der Waals surface area contributed by atoms with Crippen LogP contribution in [0.1, 0.15) is 36.8 Å². The molecule has 0 bridgehead atoms. The topological polar surface area (TPSA) is 92.8 Å². The van der Waals surface area contributed by atoms with Crippen LogP contribution in [-0.2, 0) is 30.8 Å². The third-order valence-electron chi connectivity index (χ3n) is 5.32.